The summed E-state index contributed by atoms with van der Waals surface area (Å²) in [5, 5.41) is 4.32. The molecule has 0 fully saturated rings. The predicted octanol–water partition coefficient (Wildman–Crippen LogP) is 4.42. The number of hydrogen-bond donors (Lipinski definition) is 1. The van der Waals surface area contributed by atoms with Gasteiger partial charge in [0.15, 0.2) is 0 Å². The van der Waals surface area contributed by atoms with Crippen LogP contribution < -0.4 is 10.2 Å². The number of ether oxygens (including phenoxy) is 1. The van der Waals surface area contributed by atoms with Crippen molar-refractivity contribution in [3.63, 3.8) is 0 Å². The van der Waals surface area contributed by atoms with Gasteiger partial charge in [0, 0.05) is 5.56 Å². The van der Waals surface area contributed by atoms with Crippen LogP contribution in [0.1, 0.15) is 36.2 Å². The summed E-state index contributed by atoms with van der Waals surface area (Å²) in [6.45, 7) is 3.99. The number of nitrogens with zero attached hydrogens (tertiary/aromatic N) is 1. The monoisotopic (exact) mass is 348 g/mol. The Hall–Kier alpha value is -2.40. The lowest BCUT2D eigenvalue weighted by Gasteiger charge is -2.13. The number of hydrazone groups is 1. The molecular weight excluding hydrogens is 331 g/mol. The van der Waals surface area contributed by atoms with Gasteiger partial charge in [0.25, 0.3) is 5.91 Å². The molecule has 0 aliphatic heterocycles. The number of carbonyl (C=O) groups is 1. The van der Waals surface area contributed by atoms with Gasteiger partial charge in [0.1, 0.15) is 11.6 Å². The van der Waals surface area contributed by atoms with Gasteiger partial charge in [-0.05, 0) is 55.3 Å². The van der Waals surface area contributed by atoms with Crippen LogP contribution in [-0.4, -0.2) is 18.2 Å². The maximum atomic E-state index is 13.1. The van der Waals surface area contributed by atoms with E-state index in [1.54, 1.807) is 18.2 Å². The van der Waals surface area contributed by atoms with E-state index in [9.17, 15) is 9.18 Å². The van der Waals surface area contributed by atoms with Crippen LogP contribution in [0.3, 0.4) is 0 Å². The number of amides is 1. The van der Waals surface area contributed by atoms with Gasteiger partial charge in [0.05, 0.1) is 17.3 Å². The van der Waals surface area contributed by atoms with Crippen LogP contribution in [0.15, 0.2) is 47.6 Å². The lowest BCUT2D eigenvalue weighted by molar-refractivity contribution is 0.0954. The molecule has 2 rings (SSSR count). The van der Waals surface area contributed by atoms with E-state index in [1.807, 2.05) is 13.8 Å². The number of carbonyl (C=O) groups excluding carboxylic acids is 1. The minimum Gasteiger partial charge on any atom is -0.489 e. The summed E-state index contributed by atoms with van der Waals surface area (Å²) in [5.41, 5.74) is 3.24. The zero-order chi connectivity index (χ0) is 17.5. The molecule has 2 aromatic rings. The van der Waals surface area contributed by atoms with Gasteiger partial charge >= 0.3 is 0 Å². The summed E-state index contributed by atoms with van der Waals surface area (Å²) >= 11 is 6.17. The molecule has 1 atom stereocenters. The minimum atomic E-state index is -0.492. The molecule has 0 aliphatic rings. The van der Waals surface area contributed by atoms with Crippen LogP contribution in [0, 0.1) is 5.82 Å². The first-order valence-corrected chi connectivity index (χ1v) is 7.92. The van der Waals surface area contributed by atoms with Crippen LogP contribution in [0.4, 0.5) is 4.39 Å². The molecule has 0 unspecified atom stereocenters. The van der Waals surface area contributed by atoms with Gasteiger partial charge in [-0.1, -0.05) is 24.6 Å². The van der Waals surface area contributed by atoms with Crippen molar-refractivity contribution in [3.05, 3.63) is 64.4 Å². The van der Waals surface area contributed by atoms with Gasteiger partial charge in [-0.25, -0.2) is 9.82 Å². The zero-order valence-electron chi connectivity index (χ0n) is 13.4. The van der Waals surface area contributed by atoms with E-state index in [0.29, 0.717) is 16.3 Å². The van der Waals surface area contributed by atoms with Crippen molar-refractivity contribution in [1.29, 1.82) is 0 Å². The van der Waals surface area contributed by atoms with Crippen molar-refractivity contribution in [1.82, 2.24) is 5.43 Å². The first-order valence-electron chi connectivity index (χ1n) is 7.54. The summed E-state index contributed by atoms with van der Waals surface area (Å²) in [7, 11) is 0. The van der Waals surface area contributed by atoms with Crippen LogP contribution in [0.2, 0.25) is 5.02 Å². The smallest absolute Gasteiger partial charge is 0.271 e. The average Bonchev–Trinajstić information content (AvgIpc) is 2.57. The van der Waals surface area contributed by atoms with E-state index in [-0.39, 0.29) is 11.7 Å². The minimum absolute atomic E-state index is 0.0765. The number of hydrogen-bond acceptors (Lipinski definition) is 3. The molecule has 0 saturated heterocycles. The normalized spacial score (nSPS) is 12.2. The third kappa shape index (κ3) is 5.06. The molecule has 0 saturated carbocycles. The van der Waals surface area contributed by atoms with Gasteiger partial charge in [-0.15, -0.1) is 0 Å². The Morgan fingerprint density at radius 3 is 2.83 bits per heavy atom. The fourth-order valence-electron chi connectivity index (χ4n) is 1.85. The summed E-state index contributed by atoms with van der Waals surface area (Å²) in [6.07, 6.45) is 2.41. The van der Waals surface area contributed by atoms with Crippen LogP contribution in [0.25, 0.3) is 0 Å². The van der Waals surface area contributed by atoms with Crippen molar-refractivity contribution < 1.29 is 13.9 Å². The molecular formula is C18H18ClFN2O2. The van der Waals surface area contributed by atoms with Gasteiger partial charge in [-0.3, -0.25) is 4.79 Å². The molecule has 126 valence electrons. The predicted molar refractivity (Wildman–Crippen MR) is 93.3 cm³/mol. The van der Waals surface area contributed by atoms with Gasteiger partial charge in [0.2, 0.25) is 0 Å². The molecule has 1 amide bonds. The Labute approximate surface area is 145 Å². The third-order valence-electron chi connectivity index (χ3n) is 3.33. The first-order chi connectivity index (χ1) is 11.5. The summed E-state index contributed by atoms with van der Waals surface area (Å²) in [5.74, 6) is -0.365. The Balaban J connectivity index is 1.99. The van der Waals surface area contributed by atoms with Gasteiger partial charge in [-0.2, -0.15) is 5.10 Å². The summed E-state index contributed by atoms with van der Waals surface area (Å²) < 4.78 is 18.7. The average molecular weight is 349 g/mol. The Morgan fingerprint density at radius 1 is 1.38 bits per heavy atom. The highest BCUT2D eigenvalue weighted by molar-refractivity contribution is 6.32. The molecule has 0 spiro atoms. The van der Waals surface area contributed by atoms with Crippen LogP contribution in [0.5, 0.6) is 5.75 Å². The molecule has 0 aliphatic carbocycles. The van der Waals surface area contributed by atoms with E-state index in [0.717, 1.165) is 12.5 Å². The van der Waals surface area contributed by atoms with E-state index < -0.39 is 11.7 Å². The quantitative estimate of drug-likeness (QED) is 0.620. The zero-order valence-corrected chi connectivity index (χ0v) is 14.2. The lowest BCUT2D eigenvalue weighted by Crippen LogP contribution is -2.17. The Bertz CT molecular complexity index is 750. The molecule has 24 heavy (non-hydrogen) atoms. The van der Waals surface area contributed by atoms with Crippen LogP contribution >= 0.6 is 11.6 Å². The summed E-state index contributed by atoms with van der Waals surface area (Å²) in [6, 6.07) is 10.6. The van der Waals surface area contributed by atoms with Gasteiger partial charge < -0.3 is 4.74 Å². The van der Waals surface area contributed by atoms with E-state index in [2.05, 4.69) is 10.5 Å². The van der Waals surface area contributed by atoms with Crippen molar-refractivity contribution in [2.75, 3.05) is 0 Å². The molecule has 0 radical (unpaired) electrons. The molecule has 4 nitrogen and oxygen atoms in total. The molecule has 1 N–H and O–H groups in total. The van der Waals surface area contributed by atoms with E-state index in [4.69, 9.17) is 16.3 Å². The fourth-order valence-corrected chi connectivity index (χ4v) is 2.09. The second-order valence-corrected chi connectivity index (χ2v) is 5.64. The molecule has 0 heterocycles. The van der Waals surface area contributed by atoms with Crippen molar-refractivity contribution in [3.8, 4) is 5.75 Å². The van der Waals surface area contributed by atoms with E-state index >= 15 is 0 Å². The van der Waals surface area contributed by atoms with E-state index in [1.165, 1.54) is 24.4 Å². The third-order valence-corrected chi connectivity index (χ3v) is 3.62. The largest absolute Gasteiger partial charge is 0.489 e. The van der Waals surface area contributed by atoms with Crippen LogP contribution in [-0.2, 0) is 0 Å². The highest BCUT2D eigenvalue weighted by atomic mass is 35.5. The fraction of sp³-hybridized carbons (Fsp3) is 0.222. The number of halogens is 2. The molecule has 6 heteroatoms. The second-order valence-electron chi connectivity index (χ2n) is 5.24. The second kappa shape index (κ2) is 8.45. The van der Waals surface area contributed by atoms with Crippen molar-refractivity contribution >= 4 is 23.7 Å². The maximum Gasteiger partial charge on any atom is 0.271 e. The topological polar surface area (TPSA) is 50.7 Å². The lowest BCUT2D eigenvalue weighted by atomic mass is 10.2. The highest BCUT2D eigenvalue weighted by Gasteiger charge is 2.07. The summed E-state index contributed by atoms with van der Waals surface area (Å²) in [4.78, 5) is 11.8. The Kier molecular flexibility index (Phi) is 6.32. The standard InChI is InChI=1S/C18H18ClFN2O2/c1-3-12(2)24-17-8-7-13(9-16(17)19)11-21-22-18(23)14-5-4-6-15(20)10-14/h4-12H,3H2,1-2H3,(H,22,23)/b21-11-/t12-/m0/s1. The highest BCUT2D eigenvalue weighted by Crippen LogP contribution is 2.26. The number of rotatable bonds is 6. The number of benzene rings is 2. The Morgan fingerprint density at radius 2 is 2.17 bits per heavy atom. The molecule has 2 aromatic carbocycles. The van der Waals surface area contributed by atoms with Crippen molar-refractivity contribution in [2.24, 2.45) is 5.10 Å². The molecule has 0 bridgehead atoms. The molecule has 0 aromatic heterocycles. The number of nitrogens with one attached hydrogen (secondary N) is 1. The maximum absolute atomic E-state index is 13.1. The van der Waals surface area contributed by atoms with Crippen molar-refractivity contribution in [2.45, 2.75) is 26.4 Å². The first kappa shape index (κ1) is 17.9. The SMILES string of the molecule is CC[C@H](C)Oc1ccc(/C=N\NC(=O)c2cccc(F)c2)cc1Cl.